The number of thiazole rings is 1. The van der Waals surface area contributed by atoms with Crippen molar-refractivity contribution in [3.63, 3.8) is 0 Å². The van der Waals surface area contributed by atoms with Gasteiger partial charge in [0.15, 0.2) is 6.54 Å². The van der Waals surface area contributed by atoms with Gasteiger partial charge in [0.25, 0.3) is 5.91 Å². The number of hydrogen-bond donors (Lipinski definition) is 1. The predicted molar refractivity (Wildman–Crippen MR) is 115 cm³/mol. The standard InChI is InChI=1S/C20H22ClN3OS2/c1-4-11-24(12-15-9-10-18(21)26-15)13-19(25)23(3)14(2)20-22-16-7-5-6-8-17(16)27-20/h4-10,14H,1,11-13H2,2-3H3/p+1/t14-/m0/s1. The van der Waals surface area contributed by atoms with Gasteiger partial charge in [0.05, 0.1) is 32.0 Å². The molecule has 0 aliphatic heterocycles. The Kier molecular flexibility index (Phi) is 6.65. The Bertz CT molecular complexity index is 903. The van der Waals surface area contributed by atoms with Crippen molar-refractivity contribution in [3.05, 3.63) is 63.3 Å². The van der Waals surface area contributed by atoms with E-state index >= 15 is 0 Å². The SMILES string of the molecule is C=CC[NH+](CC(=O)N(C)[C@@H](C)c1nc2ccccc2s1)Cc1ccc(Cl)s1. The van der Waals surface area contributed by atoms with Gasteiger partial charge in [0.2, 0.25) is 0 Å². The van der Waals surface area contributed by atoms with Crippen molar-refractivity contribution in [1.29, 1.82) is 0 Å². The van der Waals surface area contributed by atoms with Crippen molar-refractivity contribution < 1.29 is 9.69 Å². The summed E-state index contributed by atoms with van der Waals surface area (Å²) in [5.74, 6) is 0.0984. The molecule has 0 spiro atoms. The van der Waals surface area contributed by atoms with Crippen molar-refractivity contribution in [2.45, 2.75) is 19.5 Å². The smallest absolute Gasteiger partial charge is 0.278 e. The number of benzene rings is 1. The van der Waals surface area contributed by atoms with Gasteiger partial charge in [0.1, 0.15) is 11.6 Å². The fraction of sp³-hybridized carbons (Fsp3) is 0.300. The minimum atomic E-state index is -0.0592. The number of hydrogen-bond acceptors (Lipinski definition) is 4. The summed E-state index contributed by atoms with van der Waals surface area (Å²) in [6.45, 7) is 7.76. The van der Waals surface area contributed by atoms with Crippen LogP contribution in [0.3, 0.4) is 0 Å². The highest BCUT2D eigenvalue weighted by Gasteiger charge is 2.24. The molecule has 2 heterocycles. The second-order valence-electron chi connectivity index (χ2n) is 6.50. The van der Waals surface area contributed by atoms with Crippen LogP contribution in [-0.2, 0) is 11.3 Å². The first-order valence-electron chi connectivity index (χ1n) is 8.77. The number of thiophene rings is 1. The molecule has 2 aromatic heterocycles. The van der Waals surface area contributed by atoms with Crippen LogP contribution in [0.25, 0.3) is 10.2 Å². The van der Waals surface area contributed by atoms with E-state index in [0.29, 0.717) is 6.54 Å². The van der Waals surface area contributed by atoms with E-state index in [1.165, 1.54) is 4.88 Å². The second kappa shape index (κ2) is 8.97. The summed E-state index contributed by atoms with van der Waals surface area (Å²) in [4.78, 5) is 21.7. The Hall–Kier alpha value is -1.73. The van der Waals surface area contributed by atoms with E-state index in [1.807, 2.05) is 50.4 Å². The molecule has 1 aromatic carbocycles. The van der Waals surface area contributed by atoms with Crippen LogP contribution in [0.1, 0.15) is 22.9 Å². The molecular weight excluding hydrogens is 398 g/mol. The molecule has 4 nitrogen and oxygen atoms in total. The maximum atomic E-state index is 12.9. The molecule has 1 N–H and O–H groups in total. The maximum Gasteiger partial charge on any atom is 0.278 e. The molecule has 0 aliphatic carbocycles. The van der Waals surface area contributed by atoms with Crippen LogP contribution in [0, 0.1) is 0 Å². The van der Waals surface area contributed by atoms with Crippen LogP contribution in [0.4, 0.5) is 0 Å². The fourth-order valence-corrected chi connectivity index (χ4v) is 5.12. The van der Waals surface area contributed by atoms with E-state index in [2.05, 4.69) is 12.6 Å². The number of nitrogens with one attached hydrogen (secondary N) is 1. The summed E-state index contributed by atoms with van der Waals surface area (Å²) in [6, 6.07) is 11.9. The number of aromatic nitrogens is 1. The molecule has 0 saturated heterocycles. The van der Waals surface area contributed by atoms with E-state index in [-0.39, 0.29) is 11.9 Å². The van der Waals surface area contributed by atoms with Crippen molar-refractivity contribution in [1.82, 2.24) is 9.88 Å². The first-order chi connectivity index (χ1) is 13.0. The molecule has 0 saturated carbocycles. The molecule has 1 amide bonds. The lowest BCUT2D eigenvalue weighted by molar-refractivity contribution is -0.900. The summed E-state index contributed by atoms with van der Waals surface area (Å²) in [5.41, 5.74) is 0.985. The number of carbonyl (C=O) groups excluding carboxylic acids is 1. The molecule has 0 fully saturated rings. The van der Waals surface area contributed by atoms with E-state index < -0.39 is 0 Å². The van der Waals surface area contributed by atoms with Crippen molar-refractivity contribution in [2.75, 3.05) is 20.1 Å². The summed E-state index contributed by atoms with van der Waals surface area (Å²) < 4.78 is 1.92. The van der Waals surface area contributed by atoms with Gasteiger partial charge >= 0.3 is 0 Å². The lowest BCUT2D eigenvalue weighted by Crippen LogP contribution is -3.11. The third-order valence-corrected chi connectivity index (χ3v) is 6.97. The largest absolute Gasteiger partial charge is 0.332 e. The zero-order valence-electron chi connectivity index (χ0n) is 15.4. The normalized spacial score (nSPS) is 13.4. The number of carbonyl (C=O) groups is 1. The molecule has 0 radical (unpaired) electrons. The van der Waals surface area contributed by atoms with Gasteiger partial charge in [-0.2, -0.15) is 0 Å². The summed E-state index contributed by atoms with van der Waals surface area (Å²) in [6.07, 6.45) is 1.86. The molecule has 27 heavy (non-hydrogen) atoms. The van der Waals surface area contributed by atoms with Crippen molar-refractivity contribution in [2.24, 2.45) is 0 Å². The summed E-state index contributed by atoms with van der Waals surface area (Å²) >= 11 is 9.23. The number of para-hydroxylation sites is 1. The van der Waals surface area contributed by atoms with E-state index in [1.54, 1.807) is 27.6 Å². The topological polar surface area (TPSA) is 37.6 Å². The number of rotatable bonds is 8. The molecule has 3 rings (SSSR count). The van der Waals surface area contributed by atoms with Gasteiger partial charge in [-0.05, 0) is 37.3 Å². The molecule has 2 atom stereocenters. The van der Waals surface area contributed by atoms with Crippen LogP contribution in [0.15, 0.2) is 49.1 Å². The molecule has 142 valence electrons. The summed E-state index contributed by atoms with van der Waals surface area (Å²) in [5, 5.41) is 0.961. The lowest BCUT2D eigenvalue weighted by Gasteiger charge is -2.25. The third-order valence-electron chi connectivity index (χ3n) is 4.53. The van der Waals surface area contributed by atoms with Gasteiger partial charge in [0, 0.05) is 7.05 Å². The van der Waals surface area contributed by atoms with Gasteiger partial charge in [-0.1, -0.05) is 30.3 Å². The number of quaternary nitrogens is 1. The lowest BCUT2D eigenvalue weighted by atomic mass is 10.3. The van der Waals surface area contributed by atoms with E-state index in [0.717, 1.165) is 37.5 Å². The van der Waals surface area contributed by atoms with Crippen LogP contribution in [0.5, 0.6) is 0 Å². The van der Waals surface area contributed by atoms with Crippen LogP contribution in [0.2, 0.25) is 4.34 Å². The molecular formula is C20H23ClN3OS2+. The quantitative estimate of drug-likeness (QED) is 0.563. The number of nitrogens with zero attached hydrogens (tertiary/aromatic N) is 2. The van der Waals surface area contributed by atoms with Crippen LogP contribution < -0.4 is 4.90 Å². The van der Waals surface area contributed by atoms with E-state index in [9.17, 15) is 4.79 Å². The Morgan fingerprint density at radius 3 is 2.78 bits per heavy atom. The third kappa shape index (κ3) is 4.96. The Morgan fingerprint density at radius 2 is 2.11 bits per heavy atom. The number of likely N-dealkylation sites (N-methyl/N-ethyl adjacent to an activating group) is 1. The average Bonchev–Trinajstić information content (AvgIpc) is 3.26. The first-order valence-corrected chi connectivity index (χ1v) is 10.8. The maximum absolute atomic E-state index is 12.9. The molecule has 0 aliphatic rings. The van der Waals surface area contributed by atoms with Gasteiger partial charge in [-0.25, -0.2) is 4.98 Å². The zero-order valence-corrected chi connectivity index (χ0v) is 17.8. The highest BCUT2D eigenvalue weighted by atomic mass is 35.5. The minimum Gasteiger partial charge on any atom is -0.332 e. The van der Waals surface area contributed by atoms with E-state index in [4.69, 9.17) is 16.6 Å². The number of halogens is 1. The van der Waals surface area contributed by atoms with Crippen molar-refractivity contribution >= 4 is 50.4 Å². The Morgan fingerprint density at radius 1 is 1.33 bits per heavy atom. The number of fused-ring (bicyclic) bond motifs is 1. The minimum absolute atomic E-state index is 0.0592. The molecule has 1 unspecified atom stereocenters. The second-order valence-corrected chi connectivity index (χ2v) is 9.36. The average molecular weight is 421 g/mol. The zero-order chi connectivity index (χ0) is 19.4. The van der Waals surface area contributed by atoms with Gasteiger partial charge in [-0.15, -0.1) is 22.7 Å². The van der Waals surface area contributed by atoms with Gasteiger partial charge in [-0.3, -0.25) is 4.79 Å². The Balaban J connectivity index is 1.67. The van der Waals surface area contributed by atoms with Crippen LogP contribution >= 0.6 is 34.3 Å². The molecule has 0 bridgehead atoms. The number of amides is 1. The molecule has 3 aromatic rings. The summed E-state index contributed by atoms with van der Waals surface area (Å²) in [7, 11) is 1.85. The fourth-order valence-electron chi connectivity index (χ4n) is 2.89. The molecule has 7 heteroatoms. The first kappa shape index (κ1) is 20.0. The van der Waals surface area contributed by atoms with Crippen LogP contribution in [-0.4, -0.2) is 35.9 Å². The predicted octanol–water partition coefficient (Wildman–Crippen LogP) is 3.80. The van der Waals surface area contributed by atoms with Gasteiger partial charge < -0.3 is 9.80 Å². The monoisotopic (exact) mass is 420 g/mol. The highest BCUT2D eigenvalue weighted by molar-refractivity contribution is 7.18. The Labute approximate surface area is 172 Å². The highest BCUT2D eigenvalue weighted by Crippen LogP contribution is 2.28. The van der Waals surface area contributed by atoms with Crippen molar-refractivity contribution in [3.8, 4) is 0 Å².